The van der Waals surface area contributed by atoms with Crippen molar-refractivity contribution >= 4 is 5.97 Å². The summed E-state index contributed by atoms with van der Waals surface area (Å²) in [6, 6.07) is 15.5. The molecule has 2 aromatic rings. The number of hydrogen-bond donors (Lipinski definition) is 1. The Morgan fingerprint density at radius 1 is 1.13 bits per heavy atom. The van der Waals surface area contributed by atoms with Gasteiger partial charge in [0, 0.05) is 19.6 Å². The van der Waals surface area contributed by atoms with E-state index in [2.05, 4.69) is 6.07 Å². The zero-order chi connectivity index (χ0) is 16.7. The summed E-state index contributed by atoms with van der Waals surface area (Å²) >= 11 is 0. The lowest BCUT2D eigenvalue weighted by Gasteiger charge is -2.22. The lowest BCUT2D eigenvalue weighted by atomic mass is 10.1. The predicted molar refractivity (Wildman–Crippen MR) is 83.9 cm³/mol. The smallest absolute Gasteiger partial charge is 0.304 e. The Morgan fingerprint density at radius 3 is 2.48 bits per heavy atom. The fraction of sp³-hybridized carbons (Fsp3) is 0.222. The first-order valence-electron chi connectivity index (χ1n) is 7.24. The van der Waals surface area contributed by atoms with Crippen LogP contribution in [0.5, 0.6) is 0 Å². The van der Waals surface area contributed by atoms with Crippen LogP contribution in [0.4, 0.5) is 4.39 Å². The number of nitriles is 1. The van der Waals surface area contributed by atoms with Crippen LogP contribution in [-0.4, -0.2) is 22.5 Å². The summed E-state index contributed by atoms with van der Waals surface area (Å²) in [5, 5.41) is 17.9. The minimum absolute atomic E-state index is 0.0269. The normalized spacial score (nSPS) is 10.5. The van der Waals surface area contributed by atoms with Crippen LogP contribution < -0.4 is 0 Å². The Hall–Kier alpha value is -2.71. The van der Waals surface area contributed by atoms with E-state index in [0.717, 1.165) is 11.1 Å². The van der Waals surface area contributed by atoms with E-state index in [4.69, 9.17) is 10.4 Å². The second-order valence-electron chi connectivity index (χ2n) is 5.29. The summed E-state index contributed by atoms with van der Waals surface area (Å²) < 4.78 is 13.0. The molecule has 0 amide bonds. The highest BCUT2D eigenvalue weighted by Crippen LogP contribution is 2.13. The summed E-state index contributed by atoms with van der Waals surface area (Å²) in [6.07, 6.45) is 0.0269. The second-order valence-corrected chi connectivity index (χ2v) is 5.29. The third-order valence-electron chi connectivity index (χ3n) is 3.42. The molecule has 0 fully saturated rings. The number of carbonyl (C=O) groups is 1. The van der Waals surface area contributed by atoms with Crippen LogP contribution in [0, 0.1) is 17.1 Å². The molecule has 0 spiro atoms. The Morgan fingerprint density at radius 2 is 1.83 bits per heavy atom. The van der Waals surface area contributed by atoms with Gasteiger partial charge in [-0.3, -0.25) is 9.69 Å². The van der Waals surface area contributed by atoms with E-state index in [1.54, 1.807) is 30.3 Å². The van der Waals surface area contributed by atoms with Crippen molar-refractivity contribution in [2.45, 2.75) is 19.5 Å². The average molecular weight is 312 g/mol. The summed E-state index contributed by atoms with van der Waals surface area (Å²) in [6.45, 7) is 1.42. The first-order valence-corrected chi connectivity index (χ1v) is 7.24. The van der Waals surface area contributed by atoms with E-state index >= 15 is 0 Å². The lowest BCUT2D eigenvalue weighted by Crippen LogP contribution is -2.25. The van der Waals surface area contributed by atoms with Crippen molar-refractivity contribution in [1.29, 1.82) is 5.26 Å². The molecule has 0 aliphatic heterocycles. The Labute approximate surface area is 134 Å². The Bertz CT molecular complexity index is 708. The largest absolute Gasteiger partial charge is 0.481 e. The monoisotopic (exact) mass is 312 g/mol. The molecule has 0 radical (unpaired) electrons. The molecule has 0 unspecified atom stereocenters. The molecule has 0 bridgehead atoms. The van der Waals surface area contributed by atoms with Crippen LogP contribution in [0.2, 0.25) is 0 Å². The van der Waals surface area contributed by atoms with Gasteiger partial charge in [0.1, 0.15) is 5.82 Å². The van der Waals surface area contributed by atoms with Gasteiger partial charge in [0.25, 0.3) is 0 Å². The maximum Gasteiger partial charge on any atom is 0.304 e. The molecule has 118 valence electrons. The highest BCUT2D eigenvalue weighted by molar-refractivity contribution is 5.66. The van der Waals surface area contributed by atoms with Gasteiger partial charge in [-0.2, -0.15) is 5.26 Å². The molecule has 5 heteroatoms. The van der Waals surface area contributed by atoms with E-state index < -0.39 is 5.97 Å². The van der Waals surface area contributed by atoms with E-state index in [1.807, 2.05) is 11.0 Å². The maximum atomic E-state index is 13.0. The molecular weight excluding hydrogens is 295 g/mol. The molecule has 0 aliphatic carbocycles. The van der Waals surface area contributed by atoms with Crippen LogP contribution in [0.25, 0.3) is 0 Å². The van der Waals surface area contributed by atoms with Gasteiger partial charge in [0.05, 0.1) is 18.1 Å². The van der Waals surface area contributed by atoms with Crippen molar-refractivity contribution in [2.24, 2.45) is 0 Å². The molecule has 1 N–H and O–H groups in total. The molecule has 0 saturated heterocycles. The number of carboxylic acid groups (broad SMARTS) is 1. The number of hydrogen-bond acceptors (Lipinski definition) is 3. The zero-order valence-electron chi connectivity index (χ0n) is 12.6. The summed E-state index contributed by atoms with van der Waals surface area (Å²) in [5.41, 5.74) is 2.42. The average Bonchev–Trinajstić information content (AvgIpc) is 2.55. The molecule has 2 aromatic carbocycles. The zero-order valence-corrected chi connectivity index (χ0v) is 12.6. The topological polar surface area (TPSA) is 64.3 Å². The first-order chi connectivity index (χ1) is 11.1. The number of rotatable bonds is 7. The van der Waals surface area contributed by atoms with Gasteiger partial charge in [-0.25, -0.2) is 4.39 Å². The van der Waals surface area contributed by atoms with Crippen molar-refractivity contribution < 1.29 is 14.3 Å². The van der Waals surface area contributed by atoms with E-state index in [9.17, 15) is 9.18 Å². The van der Waals surface area contributed by atoms with Gasteiger partial charge < -0.3 is 5.11 Å². The fourth-order valence-corrected chi connectivity index (χ4v) is 2.31. The van der Waals surface area contributed by atoms with Gasteiger partial charge in [0.15, 0.2) is 0 Å². The molecule has 0 atom stereocenters. The number of carboxylic acids is 1. The fourth-order valence-electron chi connectivity index (χ4n) is 2.31. The van der Waals surface area contributed by atoms with Gasteiger partial charge >= 0.3 is 5.97 Å². The molecule has 0 aromatic heterocycles. The van der Waals surface area contributed by atoms with Crippen LogP contribution in [0.3, 0.4) is 0 Å². The Balaban J connectivity index is 2.11. The van der Waals surface area contributed by atoms with Gasteiger partial charge in [0.2, 0.25) is 0 Å². The van der Waals surface area contributed by atoms with E-state index in [-0.39, 0.29) is 12.2 Å². The molecule has 23 heavy (non-hydrogen) atoms. The third kappa shape index (κ3) is 5.53. The van der Waals surface area contributed by atoms with Crippen LogP contribution in [-0.2, 0) is 17.9 Å². The SMILES string of the molecule is N#Cc1cccc(CN(CCC(=O)O)Cc2ccc(F)cc2)c1. The summed E-state index contributed by atoms with van der Waals surface area (Å²) in [7, 11) is 0. The summed E-state index contributed by atoms with van der Waals surface area (Å²) in [5.74, 6) is -1.16. The van der Waals surface area contributed by atoms with Gasteiger partial charge in [-0.05, 0) is 35.4 Å². The van der Waals surface area contributed by atoms with Crippen LogP contribution in [0.1, 0.15) is 23.1 Å². The highest BCUT2D eigenvalue weighted by Gasteiger charge is 2.10. The van der Waals surface area contributed by atoms with Crippen molar-refractivity contribution in [3.8, 4) is 6.07 Å². The number of aliphatic carboxylic acids is 1. The van der Waals surface area contributed by atoms with E-state index in [1.165, 1.54) is 12.1 Å². The first kappa shape index (κ1) is 16.7. The van der Waals surface area contributed by atoms with Gasteiger partial charge in [-0.1, -0.05) is 24.3 Å². The molecule has 2 rings (SSSR count). The molecule has 0 saturated carbocycles. The van der Waals surface area contributed by atoms with Crippen LogP contribution >= 0.6 is 0 Å². The minimum atomic E-state index is -0.861. The number of halogens is 1. The molecule has 0 aliphatic rings. The van der Waals surface area contributed by atoms with E-state index in [0.29, 0.717) is 25.2 Å². The standard InChI is InChI=1S/C18H17FN2O2/c19-17-6-4-14(5-7-17)12-21(9-8-18(22)23)13-16-3-1-2-15(10-16)11-20/h1-7,10H,8-9,12-13H2,(H,22,23). The number of benzene rings is 2. The lowest BCUT2D eigenvalue weighted by molar-refractivity contribution is -0.137. The van der Waals surface area contributed by atoms with Crippen molar-refractivity contribution in [1.82, 2.24) is 4.90 Å². The highest BCUT2D eigenvalue weighted by atomic mass is 19.1. The third-order valence-corrected chi connectivity index (χ3v) is 3.42. The van der Waals surface area contributed by atoms with Crippen molar-refractivity contribution in [3.05, 3.63) is 71.0 Å². The second kappa shape index (κ2) is 8.06. The van der Waals surface area contributed by atoms with Gasteiger partial charge in [-0.15, -0.1) is 0 Å². The molecular formula is C18H17FN2O2. The predicted octanol–water partition coefficient (Wildman–Crippen LogP) is 3.17. The van der Waals surface area contributed by atoms with Crippen molar-refractivity contribution in [3.63, 3.8) is 0 Å². The molecule has 0 heterocycles. The Kier molecular flexibility index (Phi) is 5.84. The van der Waals surface area contributed by atoms with Crippen LogP contribution in [0.15, 0.2) is 48.5 Å². The maximum absolute atomic E-state index is 13.0. The number of nitrogens with zero attached hydrogens (tertiary/aromatic N) is 2. The molecule has 4 nitrogen and oxygen atoms in total. The minimum Gasteiger partial charge on any atom is -0.481 e. The quantitative estimate of drug-likeness (QED) is 0.853. The summed E-state index contributed by atoms with van der Waals surface area (Å²) in [4.78, 5) is 12.8. The van der Waals surface area contributed by atoms with Crippen molar-refractivity contribution in [2.75, 3.05) is 6.54 Å².